The van der Waals surface area contributed by atoms with Crippen molar-refractivity contribution >= 4 is 11.6 Å². The summed E-state index contributed by atoms with van der Waals surface area (Å²) in [7, 11) is 1.43. The van der Waals surface area contributed by atoms with Crippen LogP contribution >= 0.6 is 0 Å². The van der Waals surface area contributed by atoms with Gasteiger partial charge in [-0.15, -0.1) is 0 Å². The molecule has 0 saturated carbocycles. The molecule has 0 unspecified atom stereocenters. The van der Waals surface area contributed by atoms with E-state index < -0.39 is 11.7 Å². The lowest BCUT2D eigenvalue weighted by Gasteiger charge is -2.20. The summed E-state index contributed by atoms with van der Waals surface area (Å²) >= 11 is 0. The van der Waals surface area contributed by atoms with E-state index in [2.05, 4.69) is 0 Å². The minimum Gasteiger partial charge on any atom is -0.508 e. The highest BCUT2D eigenvalue weighted by Gasteiger charge is 2.22. The van der Waals surface area contributed by atoms with Gasteiger partial charge in [-0.3, -0.25) is 4.79 Å². The van der Waals surface area contributed by atoms with Gasteiger partial charge in [0.25, 0.3) is 5.91 Å². The molecule has 0 spiro atoms. The first-order chi connectivity index (χ1) is 10.3. The van der Waals surface area contributed by atoms with Gasteiger partial charge in [0.2, 0.25) is 0 Å². The summed E-state index contributed by atoms with van der Waals surface area (Å²) in [4.78, 5) is 13.7. The molecule has 0 atom stereocenters. The Labute approximate surface area is 128 Å². The summed E-state index contributed by atoms with van der Waals surface area (Å²) in [5.41, 5.74) is 0.682. The molecule has 0 heterocycles. The second kappa shape index (κ2) is 6.05. The maximum atomic E-state index is 13.8. The molecule has 116 valence electrons. The van der Waals surface area contributed by atoms with Crippen molar-refractivity contribution in [2.75, 3.05) is 11.9 Å². The Morgan fingerprint density at radius 1 is 1.14 bits per heavy atom. The van der Waals surface area contributed by atoms with Crippen LogP contribution in [-0.4, -0.2) is 23.2 Å². The van der Waals surface area contributed by atoms with Crippen LogP contribution in [0.4, 0.5) is 10.1 Å². The number of amides is 1. The highest BCUT2D eigenvalue weighted by atomic mass is 19.1. The Hall–Kier alpha value is -2.56. The Morgan fingerprint density at radius 2 is 1.77 bits per heavy atom. The third-order valence-electron chi connectivity index (χ3n) is 3.52. The topological polar surface area (TPSA) is 60.8 Å². The van der Waals surface area contributed by atoms with Crippen LogP contribution in [0, 0.1) is 5.82 Å². The predicted molar refractivity (Wildman–Crippen MR) is 83.0 cm³/mol. The molecule has 0 saturated heterocycles. The number of para-hydroxylation sites is 1. The molecule has 2 rings (SSSR count). The number of anilines is 1. The molecule has 22 heavy (non-hydrogen) atoms. The number of hydrogen-bond donors (Lipinski definition) is 2. The van der Waals surface area contributed by atoms with Crippen LogP contribution in [0.3, 0.4) is 0 Å². The Bertz CT molecular complexity index is 713. The molecule has 0 aromatic heterocycles. The molecular weight excluding hydrogens is 285 g/mol. The van der Waals surface area contributed by atoms with Crippen molar-refractivity contribution in [3.63, 3.8) is 0 Å². The first-order valence-corrected chi connectivity index (χ1v) is 6.91. The molecule has 1 amide bonds. The summed E-state index contributed by atoms with van der Waals surface area (Å²) in [6, 6.07) is 8.47. The zero-order chi connectivity index (χ0) is 16.4. The summed E-state index contributed by atoms with van der Waals surface area (Å²) in [5, 5.41) is 19.8. The smallest absolute Gasteiger partial charge is 0.261 e. The lowest BCUT2D eigenvalue weighted by molar-refractivity contribution is 0.0989. The minimum absolute atomic E-state index is 0.0206. The van der Waals surface area contributed by atoms with Crippen LogP contribution < -0.4 is 4.90 Å². The summed E-state index contributed by atoms with van der Waals surface area (Å²) in [5.74, 6) is -1.51. The number of phenols is 2. The Morgan fingerprint density at radius 3 is 2.36 bits per heavy atom. The summed E-state index contributed by atoms with van der Waals surface area (Å²) in [6.07, 6.45) is 0. The van der Waals surface area contributed by atoms with Gasteiger partial charge in [-0.2, -0.15) is 0 Å². The number of aromatic hydroxyl groups is 2. The monoisotopic (exact) mass is 303 g/mol. The lowest BCUT2D eigenvalue weighted by atomic mass is 9.98. The molecule has 4 nitrogen and oxygen atoms in total. The lowest BCUT2D eigenvalue weighted by Crippen LogP contribution is -2.27. The fraction of sp³-hybridized carbons (Fsp3) is 0.235. The molecule has 0 fully saturated rings. The zero-order valence-electron chi connectivity index (χ0n) is 12.7. The number of benzene rings is 2. The summed E-state index contributed by atoms with van der Waals surface area (Å²) in [6.45, 7) is 3.72. The molecule has 2 aromatic rings. The van der Waals surface area contributed by atoms with Gasteiger partial charge in [0.15, 0.2) is 0 Å². The van der Waals surface area contributed by atoms with Gasteiger partial charge in [-0.1, -0.05) is 26.0 Å². The van der Waals surface area contributed by atoms with E-state index in [0.29, 0.717) is 5.56 Å². The second-order valence-electron chi connectivity index (χ2n) is 5.40. The molecule has 0 bridgehead atoms. The van der Waals surface area contributed by atoms with Crippen molar-refractivity contribution in [2.24, 2.45) is 0 Å². The van der Waals surface area contributed by atoms with Crippen LogP contribution in [0.25, 0.3) is 0 Å². The van der Waals surface area contributed by atoms with E-state index in [-0.39, 0.29) is 28.7 Å². The quantitative estimate of drug-likeness (QED) is 0.910. The first-order valence-electron chi connectivity index (χ1n) is 6.91. The van der Waals surface area contributed by atoms with Gasteiger partial charge in [0.1, 0.15) is 17.3 Å². The highest BCUT2D eigenvalue weighted by molar-refractivity contribution is 6.07. The molecule has 5 heteroatoms. The molecule has 2 aromatic carbocycles. The van der Waals surface area contributed by atoms with E-state index in [9.17, 15) is 19.4 Å². The van der Waals surface area contributed by atoms with Crippen LogP contribution in [0.1, 0.15) is 35.7 Å². The minimum atomic E-state index is -0.551. The average Bonchev–Trinajstić information content (AvgIpc) is 2.46. The van der Waals surface area contributed by atoms with E-state index in [1.165, 1.54) is 31.3 Å². The molecule has 2 N–H and O–H groups in total. The molecule has 0 aliphatic carbocycles. The van der Waals surface area contributed by atoms with Crippen LogP contribution in [0.15, 0.2) is 36.4 Å². The molecule has 0 aliphatic rings. The van der Waals surface area contributed by atoms with Crippen molar-refractivity contribution in [3.05, 3.63) is 53.3 Å². The van der Waals surface area contributed by atoms with Crippen LogP contribution in [-0.2, 0) is 0 Å². The number of rotatable bonds is 3. The van der Waals surface area contributed by atoms with Crippen LogP contribution in [0.5, 0.6) is 11.5 Å². The maximum absolute atomic E-state index is 13.8. The first kappa shape index (κ1) is 15.8. The van der Waals surface area contributed by atoms with Crippen molar-refractivity contribution < 1.29 is 19.4 Å². The average molecular weight is 303 g/mol. The number of hydrogen-bond acceptors (Lipinski definition) is 3. The van der Waals surface area contributed by atoms with E-state index in [1.807, 2.05) is 13.8 Å². The largest absolute Gasteiger partial charge is 0.508 e. The molecular formula is C17H18FNO3. The van der Waals surface area contributed by atoms with E-state index in [0.717, 1.165) is 11.0 Å². The van der Waals surface area contributed by atoms with E-state index in [4.69, 9.17) is 0 Å². The number of phenolic OH excluding ortho intramolecular Hbond substituents is 2. The predicted octanol–water partition coefficient (Wildman–Crippen LogP) is 3.64. The maximum Gasteiger partial charge on any atom is 0.261 e. The second-order valence-corrected chi connectivity index (χ2v) is 5.40. The van der Waals surface area contributed by atoms with Crippen LogP contribution in [0.2, 0.25) is 0 Å². The highest BCUT2D eigenvalue weighted by Crippen LogP contribution is 2.33. The SMILES string of the molecule is CC(C)c1cc(C(=O)N(C)c2ccccc2F)c(O)cc1O. The van der Waals surface area contributed by atoms with Crippen molar-refractivity contribution in [2.45, 2.75) is 19.8 Å². The van der Waals surface area contributed by atoms with E-state index in [1.54, 1.807) is 6.07 Å². The normalized spacial score (nSPS) is 10.8. The number of carbonyl (C=O) groups excluding carboxylic acids is 1. The third-order valence-corrected chi connectivity index (χ3v) is 3.52. The molecule has 0 aliphatic heterocycles. The molecule has 0 radical (unpaired) electrons. The van der Waals surface area contributed by atoms with Crippen molar-refractivity contribution in [3.8, 4) is 11.5 Å². The Balaban J connectivity index is 2.45. The fourth-order valence-corrected chi connectivity index (χ4v) is 2.24. The number of carbonyl (C=O) groups is 1. The standard InChI is InChI=1S/C17H18FNO3/c1-10(2)11-8-12(16(21)9-15(11)20)17(22)19(3)14-7-5-4-6-13(14)18/h4-10,20-21H,1-3H3. The fourth-order valence-electron chi connectivity index (χ4n) is 2.24. The number of nitrogens with zero attached hydrogens (tertiary/aromatic N) is 1. The van der Waals surface area contributed by atoms with Crippen molar-refractivity contribution in [1.82, 2.24) is 0 Å². The van der Waals surface area contributed by atoms with Crippen molar-refractivity contribution in [1.29, 1.82) is 0 Å². The van der Waals surface area contributed by atoms with Gasteiger partial charge in [0, 0.05) is 13.1 Å². The van der Waals surface area contributed by atoms with E-state index >= 15 is 0 Å². The van der Waals surface area contributed by atoms with Gasteiger partial charge in [-0.05, 0) is 29.7 Å². The Kier molecular flexibility index (Phi) is 4.35. The summed E-state index contributed by atoms with van der Waals surface area (Å²) < 4.78 is 13.8. The van der Waals surface area contributed by atoms with Gasteiger partial charge < -0.3 is 15.1 Å². The van der Waals surface area contributed by atoms with Gasteiger partial charge in [-0.25, -0.2) is 4.39 Å². The van der Waals surface area contributed by atoms with Gasteiger partial charge >= 0.3 is 0 Å². The number of halogens is 1. The third kappa shape index (κ3) is 2.88. The van der Waals surface area contributed by atoms with Gasteiger partial charge in [0.05, 0.1) is 11.3 Å². The zero-order valence-corrected chi connectivity index (χ0v) is 12.7.